The molecular formula is C13H14Cl2O4S. The molecule has 0 saturated carbocycles. The molecule has 0 aliphatic carbocycles. The van der Waals surface area contributed by atoms with E-state index in [4.69, 9.17) is 27.9 Å². The monoisotopic (exact) mass is 336 g/mol. The highest BCUT2D eigenvalue weighted by molar-refractivity contribution is 7.91. The number of esters is 1. The van der Waals surface area contributed by atoms with Gasteiger partial charge < -0.3 is 4.74 Å². The first-order valence-electron chi connectivity index (χ1n) is 6.18. The van der Waals surface area contributed by atoms with Gasteiger partial charge in [-0.3, -0.25) is 4.79 Å². The fraction of sp³-hybridized carbons (Fsp3) is 0.462. The van der Waals surface area contributed by atoms with Crippen molar-refractivity contribution in [3.63, 3.8) is 0 Å². The van der Waals surface area contributed by atoms with Crippen molar-refractivity contribution < 1.29 is 17.9 Å². The molecule has 1 aliphatic rings. The van der Waals surface area contributed by atoms with Crippen LogP contribution in [0.5, 0.6) is 0 Å². The zero-order valence-electron chi connectivity index (χ0n) is 10.6. The van der Waals surface area contributed by atoms with Gasteiger partial charge in [0.15, 0.2) is 9.84 Å². The summed E-state index contributed by atoms with van der Waals surface area (Å²) in [6.07, 6.45) is 0.843. The Hall–Kier alpha value is -0.780. The first kappa shape index (κ1) is 15.6. The van der Waals surface area contributed by atoms with Crippen molar-refractivity contribution in [3.05, 3.63) is 33.8 Å². The van der Waals surface area contributed by atoms with Crippen LogP contribution in [0.2, 0.25) is 10.0 Å². The molecule has 1 fully saturated rings. The molecule has 0 spiro atoms. The summed E-state index contributed by atoms with van der Waals surface area (Å²) in [5.74, 6) is -1.01. The van der Waals surface area contributed by atoms with Crippen molar-refractivity contribution in [2.75, 3.05) is 18.1 Å². The van der Waals surface area contributed by atoms with Crippen LogP contribution in [0.3, 0.4) is 0 Å². The van der Waals surface area contributed by atoms with Gasteiger partial charge in [0.1, 0.15) is 0 Å². The third-order valence-corrected chi connectivity index (χ3v) is 5.33. The standard InChI is InChI=1S/C13H14Cl2O4S/c14-11-5-9(6-12(15)7-11)1-3-19-13(16)10-2-4-20(17,18)8-10/h5-7,10H,1-4,8H2. The van der Waals surface area contributed by atoms with Crippen LogP contribution in [0.25, 0.3) is 0 Å². The van der Waals surface area contributed by atoms with E-state index in [1.54, 1.807) is 18.2 Å². The Labute approximate surface area is 127 Å². The molecule has 0 N–H and O–H groups in total. The third-order valence-electron chi connectivity index (χ3n) is 3.12. The molecule has 0 amide bonds. The van der Waals surface area contributed by atoms with Gasteiger partial charge in [0.2, 0.25) is 0 Å². The molecule has 1 aromatic rings. The van der Waals surface area contributed by atoms with Gasteiger partial charge in [-0.1, -0.05) is 23.2 Å². The van der Waals surface area contributed by atoms with Crippen molar-refractivity contribution in [1.82, 2.24) is 0 Å². The van der Waals surface area contributed by atoms with Crippen LogP contribution in [0, 0.1) is 5.92 Å². The summed E-state index contributed by atoms with van der Waals surface area (Å²) >= 11 is 11.7. The molecule has 20 heavy (non-hydrogen) atoms. The number of halogens is 2. The van der Waals surface area contributed by atoms with Crippen LogP contribution >= 0.6 is 23.2 Å². The molecule has 4 nitrogen and oxygen atoms in total. The van der Waals surface area contributed by atoms with Crippen LogP contribution in [-0.2, 0) is 25.8 Å². The van der Waals surface area contributed by atoms with Gasteiger partial charge in [-0.15, -0.1) is 0 Å². The number of hydrogen-bond donors (Lipinski definition) is 0. The number of ether oxygens (including phenoxy) is 1. The van der Waals surface area contributed by atoms with E-state index in [9.17, 15) is 13.2 Å². The molecule has 1 heterocycles. The molecule has 0 radical (unpaired) electrons. The minimum absolute atomic E-state index is 0.0661. The molecule has 0 bridgehead atoms. The van der Waals surface area contributed by atoms with Crippen molar-refractivity contribution in [2.24, 2.45) is 5.92 Å². The lowest BCUT2D eigenvalue weighted by molar-refractivity contribution is -0.147. The predicted octanol–water partition coefficient (Wildman–Crippen LogP) is 2.51. The van der Waals surface area contributed by atoms with E-state index in [0.29, 0.717) is 22.9 Å². The quantitative estimate of drug-likeness (QED) is 0.792. The fourth-order valence-electron chi connectivity index (χ4n) is 2.12. The van der Waals surface area contributed by atoms with Gasteiger partial charge in [0.25, 0.3) is 0 Å². The van der Waals surface area contributed by atoms with Gasteiger partial charge >= 0.3 is 5.97 Å². The molecule has 2 rings (SSSR count). The molecule has 1 aliphatic heterocycles. The molecule has 1 unspecified atom stereocenters. The summed E-state index contributed by atoms with van der Waals surface area (Å²) in [5, 5.41) is 1.06. The van der Waals surface area contributed by atoms with Crippen molar-refractivity contribution in [3.8, 4) is 0 Å². The van der Waals surface area contributed by atoms with E-state index in [2.05, 4.69) is 0 Å². The van der Waals surface area contributed by atoms with Gasteiger partial charge in [-0.05, 0) is 30.2 Å². The molecule has 1 aromatic carbocycles. The summed E-state index contributed by atoms with van der Waals surface area (Å²) in [6, 6.07) is 5.13. The summed E-state index contributed by atoms with van der Waals surface area (Å²) in [6.45, 7) is 0.187. The minimum Gasteiger partial charge on any atom is -0.465 e. The number of carbonyl (C=O) groups is 1. The van der Waals surface area contributed by atoms with Gasteiger partial charge in [-0.25, -0.2) is 8.42 Å². The Bertz CT molecular complexity index is 593. The highest BCUT2D eigenvalue weighted by Gasteiger charge is 2.33. The van der Waals surface area contributed by atoms with Crippen molar-refractivity contribution >= 4 is 39.0 Å². The predicted molar refractivity (Wildman–Crippen MR) is 77.9 cm³/mol. The average Bonchev–Trinajstić information content (AvgIpc) is 2.68. The second-order valence-corrected chi connectivity index (χ2v) is 7.90. The summed E-state index contributed by atoms with van der Waals surface area (Å²) < 4.78 is 27.7. The van der Waals surface area contributed by atoms with E-state index >= 15 is 0 Å². The van der Waals surface area contributed by atoms with Crippen LogP contribution in [0.15, 0.2) is 18.2 Å². The van der Waals surface area contributed by atoms with E-state index in [0.717, 1.165) is 5.56 Å². The maximum Gasteiger partial charge on any atom is 0.310 e. The number of carbonyl (C=O) groups excluding carboxylic acids is 1. The average molecular weight is 337 g/mol. The lowest BCUT2D eigenvalue weighted by atomic mass is 10.1. The topological polar surface area (TPSA) is 60.4 Å². The van der Waals surface area contributed by atoms with Gasteiger partial charge in [0, 0.05) is 16.5 Å². The smallest absolute Gasteiger partial charge is 0.310 e. The third kappa shape index (κ3) is 4.36. The lowest BCUT2D eigenvalue weighted by Gasteiger charge is -2.09. The highest BCUT2D eigenvalue weighted by Crippen LogP contribution is 2.21. The number of rotatable bonds is 4. The van der Waals surface area contributed by atoms with Crippen molar-refractivity contribution in [2.45, 2.75) is 12.8 Å². The van der Waals surface area contributed by atoms with E-state index in [1.807, 2.05) is 0 Å². The zero-order chi connectivity index (χ0) is 14.8. The first-order chi connectivity index (χ1) is 9.35. The van der Waals surface area contributed by atoms with Crippen LogP contribution in [0.4, 0.5) is 0 Å². The molecular weight excluding hydrogens is 323 g/mol. The van der Waals surface area contributed by atoms with Crippen LogP contribution in [0.1, 0.15) is 12.0 Å². The van der Waals surface area contributed by atoms with Gasteiger partial charge in [0.05, 0.1) is 24.0 Å². The second-order valence-electron chi connectivity index (χ2n) is 4.80. The van der Waals surface area contributed by atoms with Crippen LogP contribution in [-0.4, -0.2) is 32.5 Å². The molecule has 0 aromatic heterocycles. The number of benzene rings is 1. The Morgan fingerprint density at radius 3 is 2.45 bits per heavy atom. The molecule has 110 valence electrons. The molecule has 7 heteroatoms. The Morgan fingerprint density at radius 1 is 1.25 bits per heavy atom. The first-order valence-corrected chi connectivity index (χ1v) is 8.75. The Kier molecular flexibility index (Phi) is 4.94. The molecule has 1 atom stereocenters. The normalized spacial score (nSPS) is 20.8. The van der Waals surface area contributed by atoms with Crippen molar-refractivity contribution in [1.29, 1.82) is 0 Å². The summed E-state index contributed by atoms with van der Waals surface area (Å²) in [4.78, 5) is 11.7. The largest absolute Gasteiger partial charge is 0.465 e. The Balaban J connectivity index is 1.82. The summed E-state index contributed by atoms with van der Waals surface area (Å²) in [7, 11) is -3.06. The Morgan fingerprint density at radius 2 is 1.90 bits per heavy atom. The van der Waals surface area contributed by atoms with Crippen LogP contribution < -0.4 is 0 Å². The summed E-state index contributed by atoms with van der Waals surface area (Å²) in [5.41, 5.74) is 0.870. The number of sulfone groups is 1. The molecule has 1 saturated heterocycles. The maximum absolute atomic E-state index is 11.7. The zero-order valence-corrected chi connectivity index (χ0v) is 13.0. The minimum atomic E-state index is -3.06. The maximum atomic E-state index is 11.7. The number of hydrogen-bond acceptors (Lipinski definition) is 4. The van der Waals surface area contributed by atoms with E-state index < -0.39 is 21.7 Å². The van der Waals surface area contributed by atoms with E-state index in [1.165, 1.54) is 0 Å². The highest BCUT2D eigenvalue weighted by atomic mass is 35.5. The van der Waals surface area contributed by atoms with Gasteiger partial charge in [-0.2, -0.15) is 0 Å². The fourth-order valence-corrected chi connectivity index (χ4v) is 4.42. The second kappa shape index (κ2) is 6.33. The lowest BCUT2D eigenvalue weighted by Crippen LogP contribution is -2.20. The SMILES string of the molecule is O=C(OCCc1cc(Cl)cc(Cl)c1)C1CCS(=O)(=O)C1. The van der Waals surface area contributed by atoms with E-state index in [-0.39, 0.29) is 18.1 Å².